The number of likely N-dealkylation sites (tertiary alicyclic amines) is 1. The zero-order valence-corrected chi connectivity index (χ0v) is 12.6. The van der Waals surface area contributed by atoms with Crippen LogP contribution >= 0.6 is 0 Å². The summed E-state index contributed by atoms with van der Waals surface area (Å²) in [6.45, 7) is 7.02. The summed E-state index contributed by atoms with van der Waals surface area (Å²) in [6, 6.07) is 2.09. The summed E-state index contributed by atoms with van der Waals surface area (Å²) in [7, 11) is 0. The summed E-state index contributed by atoms with van der Waals surface area (Å²) in [4.78, 5) is 2.40. The highest BCUT2D eigenvalue weighted by atomic mass is 19.2. The summed E-state index contributed by atoms with van der Waals surface area (Å²) in [5, 5.41) is 3.32. The van der Waals surface area contributed by atoms with E-state index < -0.39 is 17.5 Å². The van der Waals surface area contributed by atoms with Crippen LogP contribution in [0.15, 0.2) is 12.1 Å². The molecule has 5 heteroatoms. The number of benzene rings is 1. The van der Waals surface area contributed by atoms with Crippen molar-refractivity contribution in [3.8, 4) is 0 Å². The third kappa shape index (κ3) is 4.45. The van der Waals surface area contributed by atoms with E-state index in [0.717, 1.165) is 31.8 Å². The number of nitrogens with zero attached hydrogens (tertiary/aromatic N) is 1. The quantitative estimate of drug-likeness (QED) is 0.835. The number of nitrogens with one attached hydrogen (secondary N) is 1. The zero-order valence-electron chi connectivity index (χ0n) is 12.6. The average Bonchev–Trinajstić information content (AvgIpc) is 2.45. The monoisotopic (exact) mass is 300 g/mol. The van der Waals surface area contributed by atoms with Gasteiger partial charge in [0.25, 0.3) is 0 Å². The van der Waals surface area contributed by atoms with Gasteiger partial charge < -0.3 is 10.2 Å². The maximum Gasteiger partial charge on any atom is 0.194 e. The third-order valence-corrected chi connectivity index (χ3v) is 4.02. The van der Waals surface area contributed by atoms with Crippen LogP contribution in [0, 0.1) is 17.5 Å². The minimum atomic E-state index is -1.41. The molecule has 0 aliphatic carbocycles. The molecular weight excluding hydrogens is 277 g/mol. The van der Waals surface area contributed by atoms with Crippen molar-refractivity contribution in [1.82, 2.24) is 10.2 Å². The first-order chi connectivity index (χ1) is 9.97. The van der Waals surface area contributed by atoms with Gasteiger partial charge in [0.2, 0.25) is 0 Å². The Labute approximate surface area is 124 Å². The van der Waals surface area contributed by atoms with E-state index >= 15 is 0 Å². The lowest BCUT2D eigenvalue weighted by Gasteiger charge is -2.30. The van der Waals surface area contributed by atoms with E-state index in [1.807, 2.05) is 6.92 Å². The zero-order chi connectivity index (χ0) is 15.4. The molecule has 0 amide bonds. The van der Waals surface area contributed by atoms with E-state index in [4.69, 9.17) is 0 Å². The first-order valence-corrected chi connectivity index (χ1v) is 7.60. The Morgan fingerprint density at radius 1 is 1.05 bits per heavy atom. The normalized spacial score (nSPS) is 19.5. The van der Waals surface area contributed by atoms with E-state index in [1.165, 1.54) is 19.3 Å². The van der Waals surface area contributed by atoms with Crippen molar-refractivity contribution < 1.29 is 13.2 Å². The topological polar surface area (TPSA) is 15.3 Å². The Balaban J connectivity index is 1.92. The summed E-state index contributed by atoms with van der Waals surface area (Å²) < 4.78 is 39.5. The van der Waals surface area contributed by atoms with Crippen LogP contribution in [0.1, 0.15) is 44.7 Å². The van der Waals surface area contributed by atoms with Crippen LogP contribution in [-0.4, -0.2) is 30.6 Å². The second-order valence-electron chi connectivity index (χ2n) is 5.95. The molecule has 1 saturated heterocycles. The van der Waals surface area contributed by atoms with E-state index in [1.54, 1.807) is 0 Å². The standard InChI is InChI=1S/C16H23F3N2/c1-11(10-21-6-4-3-5-7-21)20-12(2)13-8-14(17)16(19)15(18)9-13/h8-9,11-12,20H,3-7,10H2,1-2H3/t11-,12-/m1/s1. The summed E-state index contributed by atoms with van der Waals surface area (Å²) in [5.41, 5.74) is 0.428. The summed E-state index contributed by atoms with van der Waals surface area (Å²) >= 11 is 0. The Morgan fingerprint density at radius 3 is 2.19 bits per heavy atom. The van der Waals surface area contributed by atoms with E-state index in [-0.39, 0.29) is 12.1 Å². The number of piperidine rings is 1. The molecule has 2 nitrogen and oxygen atoms in total. The Hall–Kier alpha value is -1.07. The van der Waals surface area contributed by atoms with E-state index in [9.17, 15) is 13.2 Å². The van der Waals surface area contributed by atoms with Gasteiger partial charge in [0.1, 0.15) is 0 Å². The van der Waals surface area contributed by atoms with Crippen LogP contribution in [0.25, 0.3) is 0 Å². The lowest BCUT2D eigenvalue weighted by molar-refractivity contribution is 0.205. The fraction of sp³-hybridized carbons (Fsp3) is 0.625. The maximum absolute atomic E-state index is 13.3. The van der Waals surface area contributed by atoms with Gasteiger partial charge in [-0.1, -0.05) is 6.42 Å². The van der Waals surface area contributed by atoms with Crippen LogP contribution < -0.4 is 5.32 Å². The van der Waals surface area contributed by atoms with Gasteiger partial charge in [-0.3, -0.25) is 0 Å². The van der Waals surface area contributed by atoms with Crippen LogP contribution in [-0.2, 0) is 0 Å². The summed E-state index contributed by atoms with van der Waals surface area (Å²) in [5.74, 6) is -3.68. The van der Waals surface area contributed by atoms with Crippen molar-refractivity contribution in [1.29, 1.82) is 0 Å². The highest BCUT2D eigenvalue weighted by molar-refractivity contribution is 5.22. The van der Waals surface area contributed by atoms with Gasteiger partial charge >= 0.3 is 0 Å². The molecule has 0 unspecified atom stereocenters. The van der Waals surface area contributed by atoms with Gasteiger partial charge in [0.05, 0.1) is 0 Å². The molecule has 21 heavy (non-hydrogen) atoms. The molecule has 2 rings (SSSR count). The van der Waals surface area contributed by atoms with Crippen molar-refractivity contribution in [3.05, 3.63) is 35.1 Å². The molecule has 0 radical (unpaired) electrons. The molecule has 1 N–H and O–H groups in total. The Bertz CT molecular complexity index is 450. The fourth-order valence-corrected chi connectivity index (χ4v) is 2.93. The molecule has 1 aliphatic heterocycles. The fourth-order valence-electron chi connectivity index (χ4n) is 2.93. The maximum atomic E-state index is 13.3. The van der Waals surface area contributed by atoms with Crippen LogP contribution in [0.4, 0.5) is 13.2 Å². The largest absolute Gasteiger partial charge is 0.306 e. The van der Waals surface area contributed by atoms with E-state index in [2.05, 4.69) is 17.1 Å². The first kappa shape index (κ1) is 16.3. The lowest BCUT2D eigenvalue weighted by Crippen LogP contribution is -2.42. The molecule has 118 valence electrons. The molecule has 1 fully saturated rings. The number of rotatable bonds is 5. The minimum Gasteiger partial charge on any atom is -0.306 e. The molecule has 0 bridgehead atoms. The predicted molar refractivity (Wildman–Crippen MR) is 77.6 cm³/mol. The van der Waals surface area contributed by atoms with Crippen molar-refractivity contribution in [2.75, 3.05) is 19.6 Å². The molecule has 1 aliphatic rings. The van der Waals surface area contributed by atoms with Gasteiger partial charge in [-0.15, -0.1) is 0 Å². The van der Waals surface area contributed by atoms with Crippen LogP contribution in [0.3, 0.4) is 0 Å². The van der Waals surface area contributed by atoms with Crippen molar-refractivity contribution in [3.63, 3.8) is 0 Å². The second-order valence-corrected chi connectivity index (χ2v) is 5.95. The smallest absolute Gasteiger partial charge is 0.194 e. The SMILES string of the molecule is C[C@H](CN1CCCCC1)N[C@H](C)c1cc(F)c(F)c(F)c1. The van der Waals surface area contributed by atoms with Crippen molar-refractivity contribution in [2.24, 2.45) is 0 Å². The highest BCUT2D eigenvalue weighted by Crippen LogP contribution is 2.20. The molecule has 2 atom stereocenters. The molecule has 1 heterocycles. The van der Waals surface area contributed by atoms with Gasteiger partial charge in [-0.2, -0.15) is 0 Å². The number of halogens is 3. The van der Waals surface area contributed by atoms with Gasteiger partial charge in [0, 0.05) is 18.6 Å². The molecule has 0 spiro atoms. The second kappa shape index (κ2) is 7.27. The highest BCUT2D eigenvalue weighted by Gasteiger charge is 2.18. The Morgan fingerprint density at radius 2 is 1.62 bits per heavy atom. The molecule has 0 saturated carbocycles. The Kier molecular flexibility index (Phi) is 5.65. The predicted octanol–water partition coefficient (Wildman–Crippen LogP) is 3.63. The number of hydrogen-bond acceptors (Lipinski definition) is 2. The number of hydrogen-bond donors (Lipinski definition) is 1. The molecular formula is C16H23F3N2. The van der Waals surface area contributed by atoms with E-state index in [0.29, 0.717) is 5.56 Å². The van der Waals surface area contributed by atoms with Crippen molar-refractivity contribution in [2.45, 2.75) is 45.2 Å². The van der Waals surface area contributed by atoms with Gasteiger partial charge in [-0.05, 0) is 57.5 Å². The van der Waals surface area contributed by atoms with Gasteiger partial charge in [-0.25, -0.2) is 13.2 Å². The first-order valence-electron chi connectivity index (χ1n) is 7.60. The third-order valence-electron chi connectivity index (χ3n) is 4.02. The average molecular weight is 300 g/mol. The molecule has 1 aromatic carbocycles. The minimum absolute atomic E-state index is 0.203. The van der Waals surface area contributed by atoms with Gasteiger partial charge in [0.15, 0.2) is 17.5 Å². The summed E-state index contributed by atoms with van der Waals surface area (Å²) in [6.07, 6.45) is 3.76. The van der Waals surface area contributed by atoms with Crippen LogP contribution in [0.5, 0.6) is 0 Å². The molecule has 1 aromatic rings. The lowest BCUT2D eigenvalue weighted by atomic mass is 10.1. The van der Waals surface area contributed by atoms with Crippen LogP contribution in [0.2, 0.25) is 0 Å². The van der Waals surface area contributed by atoms with Crippen molar-refractivity contribution >= 4 is 0 Å². The molecule has 0 aromatic heterocycles.